The first-order valence-corrected chi connectivity index (χ1v) is 10.4. The first-order valence-electron chi connectivity index (χ1n) is 10.4. The first kappa shape index (κ1) is 18.7. The highest BCUT2D eigenvalue weighted by molar-refractivity contribution is 5.97. The average molecular weight is 403 g/mol. The van der Waals surface area contributed by atoms with Gasteiger partial charge in [-0.2, -0.15) is 10.2 Å². The van der Waals surface area contributed by atoms with E-state index in [0.29, 0.717) is 17.3 Å². The van der Waals surface area contributed by atoms with E-state index in [1.165, 1.54) is 4.80 Å². The molecule has 3 fully saturated rings. The summed E-state index contributed by atoms with van der Waals surface area (Å²) in [5.41, 5.74) is 2.62. The number of aryl methyl sites for hydroxylation is 2. The van der Waals surface area contributed by atoms with Crippen molar-refractivity contribution in [2.24, 2.45) is 5.92 Å². The molecular weight excluding hydrogens is 378 g/mol. The zero-order valence-corrected chi connectivity index (χ0v) is 17.2. The van der Waals surface area contributed by atoms with Gasteiger partial charge in [0.1, 0.15) is 5.82 Å². The van der Waals surface area contributed by atoms with Crippen molar-refractivity contribution in [3.8, 4) is 5.82 Å². The van der Waals surface area contributed by atoms with Crippen LogP contribution < -0.4 is 5.32 Å². The van der Waals surface area contributed by atoms with E-state index < -0.39 is 0 Å². The maximum absolute atomic E-state index is 13.7. The zero-order chi connectivity index (χ0) is 20.7. The highest BCUT2D eigenvalue weighted by Crippen LogP contribution is 2.37. The van der Waals surface area contributed by atoms with Crippen LogP contribution in [0.3, 0.4) is 0 Å². The molecule has 1 N–H and O–H groups in total. The summed E-state index contributed by atoms with van der Waals surface area (Å²) in [5.74, 6) is 1.83. The smallest absolute Gasteiger partial charge is 0.258 e. The SMILES string of the molecule is Cc1ccc(NC2CC3CCC2N(C(=O)c2cc(C)cnc2-n2nccn2)C3)nc1. The van der Waals surface area contributed by atoms with Crippen molar-refractivity contribution in [3.63, 3.8) is 0 Å². The third-order valence-electron chi connectivity index (χ3n) is 6.13. The van der Waals surface area contributed by atoms with Gasteiger partial charge in [-0.3, -0.25) is 4.79 Å². The second-order valence-corrected chi connectivity index (χ2v) is 8.38. The molecule has 3 aromatic rings. The Bertz CT molecular complexity index is 1050. The lowest BCUT2D eigenvalue weighted by Crippen LogP contribution is -2.60. The van der Waals surface area contributed by atoms with Gasteiger partial charge in [0.05, 0.1) is 24.0 Å². The van der Waals surface area contributed by atoms with Crippen LogP contribution >= 0.6 is 0 Å². The second-order valence-electron chi connectivity index (χ2n) is 8.38. The van der Waals surface area contributed by atoms with E-state index in [2.05, 4.69) is 31.5 Å². The summed E-state index contributed by atoms with van der Waals surface area (Å²) >= 11 is 0. The Hall–Kier alpha value is -3.29. The van der Waals surface area contributed by atoms with Crippen molar-refractivity contribution in [1.29, 1.82) is 0 Å². The van der Waals surface area contributed by atoms with Gasteiger partial charge < -0.3 is 10.2 Å². The lowest BCUT2D eigenvalue weighted by molar-refractivity contribution is 0.0281. The number of carbonyl (C=O) groups is 1. The fraction of sp³-hybridized carbons (Fsp3) is 0.409. The molecule has 1 amide bonds. The van der Waals surface area contributed by atoms with E-state index in [-0.39, 0.29) is 18.0 Å². The van der Waals surface area contributed by atoms with E-state index in [0.717, 1.165) is 42.8 Å². The van der Waals surface area contributed by atoms with Crippen LogP contribution in [0.4, 0.5) is 5.82 Å². The van der Waals surface area contributed by atoms with Crippen LogP contribution in [0.1, 0.15) is 40.7 Å². The number of piperidine rings is 2. The van der Waals surface area contributed by atoms with Crippen LogP contribution in [0.15, 0.2) is 43.0 Å². The predicted octanol–water partition coefficient (Wildman–Crippen LogP) is 2.78. The van der Waals surface area contributed by atoms with Gasteiger partial charge in [-0.1, -0.05) is 6.07 Å². The number of pyridine rings is 2. The molecule has 2 bridgehead atoms. The first-order chi connectivity index (χ1) is 14.6. The van der Waals surface area contributed by atoms with E-state index in [1.807, 2.05) is 37.1 Å². The average Bonchev–Trinajstić information content (AvgIpc) is 3.30. The molecule has 2 aliphatic heterocycles. The molecule has 1 saturated carbocycles. The number of fused-ring (bicyclic) bond motifs is 3. The molecule has 30 heavy (non-hydrogen) atoms. The number of carbonyl (C=O) groups excluding carboxylic acids is 1. The van der Waals surface area contributed by atoms with E-state index in [9.17, 15) is 4.79 Å². The number of anilines is 1. The highest BCUT2D eigenvalue weighted by atomic mass is 16.2. The molecule has 3 atom stereocenters. The van der Waals surface area contributed by atoms with Gasteiger partial charge in [-0.05, 0) is 62.3 Å². The largest absolute Gasteiger partial charge is 0.365 e. The number of amides is 1. The van der Waals surface area contributed by atoms with Gasteiger partial charge in [-0.15, -0.1) is 4.80 Å². The molecule has 5 heterocycles. The van der Waals surface area contributed by atoms with Gasteiger partial charge in [0.15, 0.2) is 5.82 Å². The Morgan fingerprint density at radius 2 is 1.87 bits per heavy atom. The minimum absolute atomic E-state index is 0.00318. The molecule has 8 heteroatoms. The van der Waals surface area contributed by atoms with Crippen LogP contribution in [-0.4, -0.2) is 54.4 Å². The Morgan fingerprint density at radius 3 is 2.60 bits per heavy atom. The topological polar surface area (TPSA) is 88.8 Å². The molecule has 1 aliphatic carbocycles. The molecule has 2 saturated heterocycles. The van der Waals surface area contributed by atoms with E-state index in [1.54, 1.807) is 18.6 Å². The van der Waals surface area contributed by atoms with Crippen molar-refractivity contribution >= 4 is 11.7 Å². The fourth-order valence-corrected chi connectivity index (χ4v) is 4.68. The summed E-state index contributed by atoms with van der Waals surface area (Å²) in [4.78, 5) is 26.1. The van der Waals surface area contributed by atoms with E-state index in [4.69, 9.17) is 0 Å². The fourth-order valence-electron chi connectivity index (χ4n) is 4.68. The van der Waals surface area contributed by atoms with Crippen molar-refractivity contribution in [2.75, 3.05) is 11.9 Å². The molecule has 3 unspecified atom stereocenters. The molecule has 6 rings (SSSR count). The number of aromatic nitrogens is 5. The summed E-state index contributed by atoms with van der Waals surface area (Å²) in [6, 6.07) is 6.28. The second kappa shape index (κ2) is 7.51. The number of rotatable bonds is 4. The standard InChI is InChI=1S/C22H25N7O/c1-14-3-6-20(23-11-14)27-18-10-16-4-5-19(18)28(13-16)22(30)17-9-15(2)12-24-21(17)29-25-7-8-26-29/h3,6-9,11-12,16,18-19H,4-5,10,13H2,1-2H3,(H,23,27). The molecule has 0 spiro atoms. The highest BCUT2D eigenvalue weighted by Gasteiger charge is 2.43. The monoisotopic (exact) mass is 403 g/mol. The van der Waals surface area contributed by atoms with Crippen molar-refractivity contribution in [3.05, 3.63) is 59.7 Å². The summed E-state index contributed by atoms with van der Waals surface area (Å²) in [6.07, 6.45) is 10.0. The zero-order valence-electron chi connectivity index (χ0n) is 17.2. The molecule has 8 nitrogen and oxygen atoms in total. The molecular formula is C22H25N7O. The minimum Gasteiger partial charge on any atom is -0.365 e. The van der Waals surface area contributed by atoms with Gasteiger partial charge in [0, 0.05) is 25.0 Å². The van der Waals surface area contributed by atoms with Crippen LogP contribution in [0.2, 0.25) is 0 Å². The maximum atomic E-state index is 13.7. The number of nitrogens with one attached hydrogen (secondary N) is 1. The van der Waals surface area contributed by atoms with Crippen molar-refractivity contribution < 1.29 is 4.79 Å². The van der Waals surface area contributed by atoms with Crippen LogP contribution in [0.25, 0.3) is 5.82 Å². The van der Waals surface area contributed by atoms with E-state index >= 15 is 0 Å². The third-order valence-corrected chi connectivity index (χ3v) is 6.13. The number of hydrogen-bond acceptors (Lipinski definition) is 6. The van der Waals surface area contributed by atoms with Crippen molar-refractivity contribution in [1.82, 2.24) is 29.9 Å². The summed E-state index contributed by atoms with van der Waals surface area (Å²) in [7, 11) is 0. The van der Waals surface area contributed by atoms with Crippen molar-refractivity contribution in [2.45, 2.75) is 45.2 Å². The lowest BCUT2D eigenvalue weighted by atomic mass is 9.76. The molecule has 0 radical (unpaired) electrons. The summed E-state index contributed by atoms with van der Waals surface area (Å²) in [6.45, 7) is 4.75. The van der Waals surface area contributed by atoms with Crippen LogP contribution in [-0.2, 0) is 0 Å². The minimum atomic E-state index is -0.00318. The Morgan fingerprint density at radius 1 is 1.07 bits per heavy atom. The maximum Gasteiger partial charge on any atom is 0.258 e. The Balaban J connectivity index is 1.44. The quantitative estimate of drug-likeness (QED) is 0.721. The lowest BCUT2D eigenvalue weighted by Gasteiger charge is -2.50. The molecule has 3 aliphatic rings. The van der Waals surface area contributed by atoms with Gasteiger partial charge in [0.25, 0.3) is 5.91 Å². The molecule has 154 valence electrons. The predicted molar refractivity (Wildman–Crippen MR) is 112 cm³/mol. The summed E-state index contributed by atoms with van der Waals surface area (Å²) < 4.78 is 0. The molecule has 0 aromatic carbocycles. The van der Waals surface area contributed by atoms with Gasteiger partial charge >= 0.3 is 0 Å². The van der Waals surface area contributed by atoms with Gasteiger partial charge in [-0.25, -0.2) is 9.97 Å². The third kappa shape index (κ3) is 3.42. The normalized spacial score (nSPS) is 22.9. The van der Waals surface area contributed by atoms with Crippen LogP contribution in [0.5, 0.6) is 0 Å². The Labute approximate surface area is 175 Å². The van der Waals surface area contributed by atoms with Gasteiger partial charge in [0.2, 0.25) is 0 Å². The Kier molecular flexibility index (Phi) is 4.69. The number of hydrogen-bond donors (Lipinski definition) is 1. The number of nitrogens with zero attached hydrogens (tertiary/aromatic N) is 6. The molecule has 3 aromatic heterocycles. The summed E-state index contributed by atoms with van der Waals surface area (Å²) in [5, 5.41) is 11.9. The van der Waals surface area contributed by atoms with Crippen LogP contribution in [0, 0.1) is 19.8 Å².